The van der Waals surface area contributed by atoms with Crippen LogP contribution in [0.2, 0.25) is 5.02 Å². The van der Waals surface area contributed by atoms with E-state index < -0.39 is 23.8 Å². The Bertz CT molecular complexity index is 1120. The number of alkyl halides is 3. The van der Waals surface area contributed by atoms with E-state index in [1.54, 1.807) is 48.5 Å². The Morgan fingerprint density at radius 3 is 2.47 bits per heavy atom. The highest BCUT2D eigenvalue weighted by molar-refractivity contribution is 6.30. The number of halogens is 4. The van der Waals surface area contributed by atoms with E-state index in [-0.39, 0.29) is 29.3 Å². The molecular formula is C25H24ClF3N2O3. The highest BCUT2D eigenvalue weighted by Crippen LogP contribution is 2.38. The summed E-state index contributed by atoms with van der Waals surface area (Å²) in [6.45, 7) is 0.786. The summed E-state index contributed by atoms with van der Waals surface area (Å²) in [6.07, 6.45) is -4.70. The third-order valence-electron chi connectivity index (χ3n) is 5.11. The SMILES string of the molecule is NC(=O)c1ccccc1OCC(O)CNCCc1ccc(-c2ccc(Cl)cc2C(F)(F)F)cc1. The van der Waals surface area contributed by atoms with Crippen LogP contribution in [0.4, 0.5) is 13.2 Å². The Hall–Kier alpha value is -3.07. The number of hydrogen-bond donors (Lipinski definition) is 3. The Balaban J connectivity index is 1.48. The summed E-state index contributed by atoms with van der Waals surface area (Å²) in [6, 6.07) is 17.1. The quantitative estimate of drug-likeness (QED) is 0.358. The van der Waals surface area contributed by atoms with Gasteiger partial charge in [0.1, 0.15) is 18.5 Å². The molecule has 3 aromatic carbocycles. The minimum absolute atomic E-state index is 0.0192. The predicted octanol–water partition coefficient (Wildman–Crippen LogP) is 4.70. The van der Waals surface area contributed by atoms with Crippen molar-refractivity contribution in [3.8, 4) is 16.9 Å². The van der Waals surface area contributed by atoms with E-state index in [9.17, 15) is 23.1 Å². The molecule has 0 bridgehead atoms. The van der Waals surface area contributed by atoms with Gasteiger partial charge in [-0.1, -0.05) is 54.1 Å². The molecule has 0 radical (unpaired) electrons. The maximum atomic E-state index is 13.4. The number of rotatable bonds is 10. The van der Waals surface area contributed by atoms with E-state index in [2.05, 4.69) is 5.32 Å². The van der Waals surface area contributed by atoms with Gasteiger partial charge in [-0.05, 0) is 53.9 Å². The average molecular weight is 493 g/mol. The highest BCUT2D eigenvalue weighted by atomic mass is 35.5. The van der Waals surface area contributed by atoms with Crippen molar-refractivity contribution in [1.29, 1.82) is 0 Å². The van der Waals surface area contributed by atoms with Crippen molar-refractivity contribution < 1.29 is 27.8 Å². The maximum Gasteiger partial charge on any atom is 0.417 e. The maximum absolute atomic E-state index is 13.4. The minimum Gasteiger partial charge on any atom is -0.490 e. The fourth-order valence-electron chi connectivity index (χ4n) is 3.40. The molecular weight excluding hydrogens is 469 g/mol. The normalized spacial score (nSPS) is 12.4. The fourth-order valence-corrected chi connectivity index (χ4v) is 3.57. The second-order valence-corrected chi connectivity index (χ2v) is 8.10. The molecule has 0 aliphatic carbocycles. The van der Waals surface area contributed by atoms with E-state index in [1.165, 1.54) is 12.1 Å². The fraction of sp³-hybridized carbons (Fsp3) is 0.240. The van der Waals surface area contributed by atoms with Gasteiger partial charge in [0.2, 0.25) is 0 Å². The zero-order chi connectivity index (χ0) is 24.7. The summed E-state index contributed by atoms with van der Waals surface area (Å²) in [5.41, 5.74) is 6.22. The molecule has 0 saturated heterocycles. The van der Waals surface area contributed by atoms with Gasteiger partial charge in [-0.3, -0.25) is 4.79 Å². The number of hydrogen-bond acceptors (Lipinski definition) is 4. The molecule has 0 saturated carbocycles. The number of para-hydroxylation sites is 1. The second kappa shape index (κ2) is 11.4. The average Bonchev–Trinajstić information content (AvgIpc) is 2.80. The Morgan fingerprint density at radius 2 is 1.79 bits per heavy atom. The lowest BCUT2D eigenvalue weighted by Crippen LogP contribution is -2.32. The zero-order valence-corrected chi connectivity index (χ0v) is 18.9. The van der Waals surface area contributed by atoms with Crippen molar-refractivity contribution in [1.82, 2.24) is 5.32 Å². The van der Waals surface area contributed by atoms with E-state index in [1.807, 2.05) is 0 Å². The van der Waals surface area contributed by atoms with Gasteiger partial charge in [0.15, 0.2) is 0 Å². The van der Waals surface area contributed by atoms with Crippen LogP contribution in [0.5, 0.6) is 5.75 Å². The van der Waals surface area contributed by atoms with Crippen molar-refractivity contribution in [2.45, 2.75) is 18.7 Å². The van der Waals surface area contributed by atoms with Gasteiger partial charge in [-0.2, -0.15) is 13.2 Å². The molecule has 3 rings (SSSR count). The topological polar surface area (TPSA) is 84.6 Å². The highest BCUT2D eigenvalue weighted by Gasteiger charge is 2.33. The molecule has 4 N–H and O–H groups in total. The van der Waals surface area contributed by atoms with Crippen LogP contribution < -0.4 is 15.8 Å². The summed E-state index contributed by atoms with van der Waals surface area (Å²) in [5, 5.41) is 13.2. The van der Waals surface area contributed by atoms with Crippen LogP contribution in [-0.4, -0.2) is 36.8 Å². The molecule has 1 unspecified atom stereocenters. The molecule has 0 aliphatic heterocycles. The minimum atomic E-state index is -4.50. The number of carbonyl (C=O) groups excluding carboxylic acids is 1. The van der Waals surface area contributed by atoms with Crippen LogP contribution in [-0.2, 0) is 12.6 Å². The number of amides is 1. The molecule has 34 heavy (non-hydrogen) atoms. The molecule has 3 aromatic rings. The predicted molar refractivity (Wildman–Crippen MR) is 125 cm³/mol. The molecule has 0 aliphatic rings. The lowest BCUT2D eigenvalue weighted by molar-refractivity contribution is -0.137. The van der Waals surface area contributed by atoms with E-state index in [4.69, 9.17) is 22.1 Å². The van der Waals surface area contributed by atoms with Gasteiger partial charge in [0.25, 0.3) is 5.91 Å². The summed E-state index contributed by atoms with van der Waals surface area (Å²) in [5.74, 6) is -0.302. The van der Waals surface area contributed by atoms with Crippen LogP contribution >= 0.6 is 11.6 Å². The number of ether oxygens (including phenoxy) is 1. The van der Waals surface area contributed by atoms with E-state index in [0.29, 0.717) is 24.3 Å². The van der Waals surface area contributed by atoms with Crippen LogP contribution in [0.1, 0.15) is 21.5 Å². The Morgan fingerprint density at radius 1 is 1.09 bits per heavy atom. The largest absolute Gasteiger partial charge is 0.490 e. The van der Waals surface area contributed by atoms with Crippen molar-refractivity contribution in [2.24, 2.45) is 5.73 Å². The van der Waals surface area contributed by atoms with Gasteiger partial charge >= 0.3 is 6.18 Å². The number of primary amides is 1. The molecule has 1 atom stereocenters. The van der Waals surface area contributed by atoms with Gasteiger partial charge in [-0.25, -0.2) is 0 Å². The van der Waals surface area contributed by atoms with Gasteiger partial charge < -0.3 is 20.9 Å². The third kappa shape index (κ3) is 6.96. The van der Waals surface area contributed by atoms with Crippen molar-refractivity contribution in [3.63, 3.8) is 0 Å². The number of aliphatic hydroxyl groups excluding tert-OH is 1. The first-order valence-corrected chi connectivity index (χ1v) is 10.9. The summed E-state index contributed by atoms with van der Waals surface area (Å²) < 4.78 is 45.6. The van der Waals surface area contributed by atoms with Crippen LogP contribution in [0.3, 0.4) is 0 Å². The molecule has 0 aromatic heterocycles. The summed E-state index contributed by atoms with van der Waals surface area (Å²) >= 11 is 5.75. The van der Waals surface area contributed by atoms with Crippen molar-refractivity contribution in [2.75, 3.05) is 19.7 Å². The summed E-state index contributed by atoms with van der Waals surface area (Å²) in [7, 11) is 0. The number of nitrogens with two attached hydrogens (primary N) is 1. The first-order chi connectivity index (χ1) is 16.1. The Labute approximate surface area is 200 Å². The molecule has 9 heteroatoms. The molecule has 0 spiro atoms. The lowest BCUT2D eigenvalue weighted by Gasteiger charge is -2.15. The standard InChI is InChI=1S/C25H24ClF3N2O3/c26-18-9-10-20(22(13-18)25(27,28)29)17-7-5-16(6-8-17)11-12-31-14-19(32)15-34-23-4-2-1-3-21(23)24(30)33/h1-10,13,19,31-32H,11-12,14-15H2,(H2,30,33). The molecule has 0 fully saturated rings. The van der Waals surface area contributed by atoms with Gasteiger partial charge in [-0.15, -0.1) is 0 Å². The molecule has 1 amide bonds. The van der Waals surface area contributed by atoms with Crippen molar-refractivity contribution in [3.05, 3.63) is 88.4 Å². The lowest BCUT2D eigenvalue weighted by atomic mass is 9.98. The summed E-state index contributed by atoms with van der Waals surface area (Å²) in [4.78, 5) is 11.4. The number of carbonyl (C=O) groups is 1. The van der Waals surface area contributed by atoms with E-state index in [0.717, 1.165) is 11.6 Å². The smallest absolute Gasteiger partial charge is 0.417 e. The van der Waals surface area contributed by atoms with Gasteiger partial charge in [0.05, 0.1) is 11.1 Å². The second-order valence-electron chi connectivity index (χ2n) is 7.66. The molecule has 0 heterocycles. The van der Waals surface area contributed by atoms with Crippen LogP contribution in [0.25, 0.3) is 11.1 Å². The van der Waals surface area contributed by atoms with Crippen LogP contribution in [0, 0.1) is 0 Å². The molecule has 180 valence electrons. The first kappa shape index (κ1) is 25.6. The zero-order valence-electron chi connectivity index (χ0n) is 18.1. The monoisotopic (exact) mass is 492 g/mol. The third-order valence-corrected chi connectivity index (χ3v) is 5.34. The van der Waals surface area contributed by atoms with E-state index >= 15 is 0 Å². The molecule has 5 nitrogen and oxygen atoms in total. The number of aliphatic hydroxyl groups is 1. The first-order valence-electron chi connectivity index (χ1n) is 10.5. The van der Waals surface area contributed by atoms with Gasteiger partial charge in [0, 0.05) is 11.6 Å². The van der Waals surface area contributed by atoms with Crippen LogP contribution in [0.15, 0.2) is 66.7 Å². The number of benzene rings is 3. The van der Waals surface area contributed by atoms with Crippen molar-refractivity contribution >= 4 is 17.5 Å². The Kier molecular flexibility index (Phi) is 8.55. The number of nitrogens with one attached hydrogen (secondary N) is 1.